The minimum atomic E-state index is 0.0859. The maximum absolute atomic E-state index is 5.47. The van der Waals surface area contributed by atoms with E-state index >= 15 is 0 Å². The Morgan fingerprint density at radius 2 is 1.18 bits per heavy atom. The normalized spacial score (nSPS) is 25.4. The van der Waals surface area contributed by atoms with Gasteiger partial charge >= 0.3 is 0 Å². The van der Waals surface area contributed by atoms with E-state index in [0.717, 1.165) is 62.8 Å². The molecule has 2 saturated heterocycles. The second kappa shape index (κ2) is 15.3. The predicted molar refractivity (Wildman–Crippen MR) is 95.9 cm³/mol. The van der Waals surface area contributed by atoms with E-state index in [9.17, 15) is 0 Å². The summed E-state index contributed by atoms with van der Waals surface area (Å²) < 4.78 is 21.7. The summed E-state index contributed by atoms with van der Waals surface area (Å²) in [5, 5.41) is 2.03. The van der Waals surface area contributed by atoms with Gasteiger partial charge in [0.05, 0.1) is 13.2 Å². The lowest BCUT2D eigenvalue weighted by Crippen LogP contribution is -2.22. The van der Waals surface area contributed by atoms with Crippen LogP contribution in [0, 0.1) is 0 Å². The van der Waals surface area contributed by atoms with Gasteiger partial charge in [-0.1, -0.05) is 31.9 Å². The van der Waals surface area contributed by atoms with Crippen molar-refractivity contribution in [3.8, 4) is 0 Å². The van der Waals surface area contributed by atoms with Crippen LogP contribution < -0.4 is 0 Å². The monoisotopic (exact) mass is 444 g/mol. The lowest BCUT2D eigenvalue weighted by Gasteiger charge is -2.22. The molecule has 6 heteroatoms. The SMILES string of the molecule is BrCCCOC1CCCCO1.BrCCCOC1CCCCO1. The van der Waals surface area contributed by atoms with Gasteiger partial charge in [0.1, 0.15) is 0 Å². The summed E-state index contributed by atoms with van der Waals surface area (Å²) in [5.74, 6) is 0. The summed E-state index contributed by atoms with van der Waals surface area (Å²) in [6.45, 7) is 3.38. The van der Waals surface area contributed by atoms with Crippen molar-refractivity contribution in [1.29, 1.82) is 0 Å². The molecule has 22 heavy (non-hydrogen) atoms. The van der Waals surface area contributed by atoms with Crippen molar-refractivity contribution in [2.24, 2.45) is 0 Å². The van der Waals surface area contributed by atoms with Gasteiger partial charge in [-0.05, 0) is 51.4 Å². The molecule has 2 aliphatic heterocycles. The van der Waals surface area contributed by atoms with Crippen LogP contribution in [-0.2, 0) is 18.9 Å². The summed E-state index contributed by atoms with van der Waals surface area (Å²) >= 11 is 6.71. The van der Waals surface area contributed by atoms with Gasteiger partial charge in [-0.25, -0.2) is 0 Å². The molecule has 0 amide bonds. The molecule has 0 saturated carbocycles. The first-order chi connectivity index (χ1) is 10.9. The number of alkyl halides is 2. The summed E-state index contributed by atoms with van der Waals surface area (Å²) in [6, 6.07) is 0. The number of ether oxygens (including phenoxy) is 4. The highest BCUT2D eigenvalue weighted by atomic mass is 79.9. The molecule has 0 N–H and O–H groups in total. The molecule has 2 heterocycles. The Morgan fingerprint density at radius 1 is 0.727 bits per heavy atom. The molecule has 2 rings (SSSR count). The highest BCUT2D eigenvalue weighted by molar-refractivity contribution is 9.09. The fourth-order valence-electron chi connectivity index (χ4n) is 2.22. The zero-order chi connectivity index (χ0) is 15.9. The van der Waals surface area contributed by atoms with Crippen LogP contribution >= 0.6 is 31.9 Å². The highest BCUT2D eigenvalue weighted by Gasteiger charge is 2.13. The average molecular weight is 446 g/mol. The minimum Gasteiger partial charge on any atom is -0.353 e. The average Bonchev–Trinajstić information content (AvgIpc) is 2.58. The number of rotatable bonds is 8. The van der Waals surface area contributed by atoms with Gasteiger partial charge in [-0.15, -0.1) is 0 Å². The van der Waals surface area contributed by atoms with Crippen LogP contribution in [0.2, 0.25) is 0 Å². The molecule has 0 aromatic heterocycles. The first kappa shape index (κ1) is 20.8. The van der Waals surface area contributed by atoms with E-state index in [0.29, 0.717) is 0 Å². The lowest BCUT2D eigenvalue weighted by molar-refractivity contribution is -0.162. The quantitative estimate of drug-likeness (QED) is 0.403. The molecule has 2 atom stereocenters. The molecule has 0 radical (unpaired) electrons. The molecule has 4 nitrogen and oxygen atoms in total. The Hall–Kier alpha value is 0.800. The molecule has 2 fully saturated rings. The summed E-state index contributed by atoms with van der Waals surface area (Å²) in [4.78, 5) is 0. The Bertz CT molecular complexity index is 208. The fraction of sp³-hybridized carbons (Fsp3) is 1.00. The molecule has 0 aliphatic carbocycles. The molecule has 2 aliphatic rings. The second-order valence-electron chi connectivity index (χ2n) is 5.42. The van der Waals surface area contributed by atoms with Crippen LogP contribution in [0.4, 0.5) is 0 Å². The van der Waals surface area contributed by atoms with Crippen LogP contribution in [0.5, 0.6) is 0 Å². The van der Waals surface area contributed by atoms with Gasteiger partial charge in [0.25, 0.3) is 0 Å². The molecule has 2 unspecified atom stereocenters. The Morgan fingerprint density at radius 3 is 1.50 bits per heavy atom. The van der Waals surface area contributed by atoms with E-state index in [2.05, 4.69) is 31.9 Å². The summed E-state index contributed by atoms with van der Waals surface area (Å²) in [7, 11) is 0. The lowest BCUT2D eigenvalue weighted by atomic mass is 10.2. The first-order valence-corrected chi connectivity index (χ1v) is 10.7. The maximum Gasteiger partial charge on any atom is 0.157 e. The first-order valence-electron chi connectivity index (χ1n) is 8.45. The predicted octanol–water partition coefficient (Wildman–Crippen LogP) is 4.63. The Labute approximate surface area is 151 Å². The largest absolute Gasteiger partial charge is 0.353 e. The molecule has 0 aromatic rings. The van der Waals surface area contributed by atoms with Crippen molar-refractivity contribution in [3.05, 3.63) is 0 Å². The van der Waals surface area contributed by atoms with Crippen LogP contribution in [0.15, 0.2) is 0 Å². The molecule has 0 aromatic carbocycles. The van der Waals surface area contributed by atoms with E-state index in [1.165, 1.54) is 25.7 Å². The van der Waals surface area contributed by atoms with Gasteiger partial charge in [0.2, 0.25) is 0 Å². The van der Waals surface area contributed by atoms with Gasteiger partial charge in [0.15, 0.2) is 12.6 Å². The van der Waals surface area contributed by atoms with Crippen LogP contribution in [-0.4, -0.2) is 49.7 Å². The van der Waals surface area contributed by atoms with Gasteiger partial charge in [-0.3, -0.25) is 0 Å². The third-order valence-corrected chi connectivity index (χ3v) is 4.56. The third-order valence-electron chi connectivity index (χ3n) is 3.44. The van der Waals surface area contributed by atoms with Crippen LogP contribution in [0.1, 0.15) is 51.4 Å². The van der Waals surface area contributed by atoms with E-state index < -0.39 is 0 Å². The fourth-order valence-corrected chi connectivity index (χ4v) is 2.68. The number of hydrogen-bond acceptors (Lipinski definition) is 4. The van der Waals surface area contributed by atoms with Gasteiger partial charge < -0.3 is 18.9 Å². The van der Waals surface area contributed by atoms with Crippen LogP contribution in [0.25, 0.3) is 0 Å². The summed E-state index contributed by atoms with van der Waals surface area (Å²) in [5.41, 5.74) is 0. The molecule has 0 spiro atoms. The highest BCUT2D eigenvalue weighted by Crippen LogP contribution is 2.14. The molecular formula is C16H30Br2O4. The van der Waals surface area contributed by atoms with Gasteiger partial charge in [-0.2, -0.15) is 0 Å². The standard InChI is InChI=1S/2C8H15BrO2/c2*9-5-3-7-11-8-4-1-2-6-10-8/h2*8H,1-7H2. The zero-order valence-corrected chi connectivity index (χ0v) is 16.6. The van der Waals surface area contributed by atoms with Crippen molar-refractivity contribution in [2.75, 3.05) is 37.1 Å². The summed E-state index contributed by atoms with van der Waals surface area (Å²) in [6.07, 6.45) is 9.34. The van der Waals surface area contributed by atoms with E-state index in [-0.39, 0.29) is 12.6 Å². The van der Waals surface area contributed by atoms with E-state index in [1.807, 2.05) is 0 Å². The van der Waals surface area contributed by atoms with Crippen molar-refractivity contribution in [1.82, 2.24) is 0 Å². The second-order valence-corrected chi connectivity index (χ2v) is 7.00. The van der Waals surface area contributed by atoms with Gasteiger partial charge in [0, 0.05) is 23.9 Å². The smallest absolute Gasteiger partial charge is 0.157 e. The maximum atomic E-state index is 5.47. The van der Waals surface area contributed by atoms with E-state index in [4.69, 9.17) is 18.9 Å². The number of hydrogen-bond donors (Lipinski definition) is 0. The number of halogens is 2. The third kappa shape index (κ3) is 11.4. The Kier molecular flexibility index (Phi) is 14.5. The van der Waals surface area contributed by atoms with Crippen LogP contribution in [0.3, 0.4) is 0 Å². The molecular weight excluding hydrogens is 416 g/mol. The van der Waals surface area contributed by atoms with Crippen molar-refractivity contribution in [2.45, 2.75) is 63.9 Å². The minimum absolute atomic E-state index is 0.0859. The molecule has 132 valence electrons. The van der Waals surface area contributed by atoms with Crippen molar-refractivity contribution >= 4 is 31.9 Å². The Balaban J connectivity index is 0.000000220. The zero-order valence-electron chi connectivity index (χ0n) is 13.4. The van der Waals surface area contributed by atoms with Crippen molar-refractivity contribution < 1.29 is 18.9 Å². The topological polar surface area (TPSA) is 36.9 Å². The molecule has 0 bridgehead atoms. The van der Waals surface area contributed by atoms with Crippen molar-refractivity contribution in [3.63, 3.8) is 0 Å². The van der Waals surface area contributed by atoms with E-state index in [1.54, 1.807) is 0 Å².